The van der Waals surface area contributed by atoms with Gasteiger partial charge in [-0.2, -0.15) is 0 Å². The van der Waals surface area contributed by atoms with Crippen LogP contribution in [0, 0.1) is 11.8 Å². The van der Waals surface area contributed by atoms with Crippen molar-refractivity contribution in [1.29, 1.82) is 0 Å². The van der Waals surface area contributed by atoms with Crippen LogP contribution in [0.4, 0.5) is 0 Å². The first-order valence-corrected chi connectivity index (χ1v) is 5.53. The molecule has 0 radical (unpaired) electrons. The molecule has 0 saturated carbocycles. The zero-order valence-corrected chi connectivity index (χ0v) is 9.21. The molecule has 14 heavy (non-hydrogen) atoms. The minimum Gasteiger partial charge on any atom is -0.381 e. The van der Waals surface area contributed by atoms with Crippen molar-refractivity contribution in [3.8, 4) is 0 Å². The predicted molar refractivity (Wildman–Crippen MR) is 56.0 cm³/mol. The molecule has 82 valence electrons. The van der Waals surface area contributed by atoms with Gasteiger partial charge < -0.3 is 10.1 Å². The van der Waals surface area contributed by atoms with Crippen LogP contribution in [0.3, 0.4) is 0 Å². The molecule has 1 atom stereocenters. The maximum atomic E-state index is 11.4. The standard InChI is InChI=1S/C11H21NO2/c1-9(2)7-12-11(13)6-10-4-3-5-14-8-10/h9-10H,3-8H2,1-2H3,(H,12,13). The average Bonchev–Trinajstić information content (AvgIpc) is 2.16. The number of amides is 1. The molecule has 0 spiro atoms. The highest BCUT2D eigenvalue weighted by Crippen LogP contribution is 2.16. The Morgan fingerprint density at radius 2 is 2.36 bits per heavy atom. The molecule has 1 aliphatic heterocycles. The summed E-state index contributed by atoms with van der Waals surface area (Å²) in [4.78, 5) is 11.4. The lowest BCUT2D eigenvalue weighted by Crippen LogP contribution is -2.31. The van der Waals surface area contributed by atoms with Crippen molar-refractivity contribution < 1.29 is 9.53 Å². The van der Waals surface area contributed by atoms with Crippen LogP contribution >= 0.6 is 0 Å². The highest BCUT2D eigenvalue weighted by molar-refractivity contribution is 5.76. The van der Waals surface area contributed by atoms with Crippen LogP contribution in [-0.4, -0.2) is 25.7 Å². The van der Waals surface area contributed by atoms with Crippen molar-refractivity contribution in [1.82, 2.24) is 5.32 Å². The van der Waals surface area contributed by atoms with Crippen molar-refractivity contribution >= 4 is 5.91 Å². The fourth-order valence-corrected chi connectivity index (χ4v) is 1.62. The maximum absolute atomic E-state index is 11.4. The van der Waals surface area contributed by atoms with E-state index in [1.165, 1.54) is 0 Å². The third kappa shape index (κ3) is 4.61. The van der Waals surface area contributed by atoms with Crippen LogP contribution in [0.1, 0.15) is 33.1 Å². The van der Waals surface area contributed by atoms with E-state index < -0.39 is 0 Å². The second kappa shape index (κ2) is 6.02. The number of hydrogen-bond donors (Lipinski definition) is 1. The molecule has 0 aromatic rings. The van der Waals surface area contributed by atoms with Gasteiger partial charge in [0.05, 0.1) is 0 Å². The summed E-state index contributed by atoms with van der Waals surface area (Å²) in [5.74, 6) is 1.15. The Morgan fingerprint density at radius 1 is 1.57 bits per heavy atom. The minimum atomic E-state index is 0.175. The van der Waals surface area contributed by atoms with E-state index >= 15 is 0 Å². The van der Waals surface area contributed by atoms with E-state index in [2.05, 4.69) is 19.2 Å². The Kier molecular flexibility index (Phi) is 4.94. The van der Waals surface area contributed by atoms with Crippen LogP contribution in [-0.2, 0) is 9.53 Å². The lowest BCUT2D eigenvalue weighted by atomic mass is 9.98. The van der Waals surface area contributed by atoms with Crippen molar-refractivity contribution in [2.45, 2.75) is 33.1 Å². The van der Waals surface area contributed by atoms with Crippen LogP contribution in [0.5, 0.6) is 0 Å². The molecule has 1 saturated heterocycles. The molecule has 0 aromatic carbocycles. The molecule has 0 aliphatic carbocycles. The van der Waals surface area contributed by atoms with E-state index in [0.29, 0.717) is 18.3 Å². The number of nitrogens with one attached hydrogen (secondary N) is 1. The molecule has 1 heterocycles. The molecule has 0 bridgehead atoms. The molecule has 1 amide bonds. The van der Waals surface area contributed by atoms with Crippen molar-refractivity contribution in [2.75, 3.05) is 19.8 Å². The Bertz CT molecular complexity index is 174. The van der Waals surface area contributed by atoms with E-state index in [9.17, 15) is 4.79 Å². The number of carbonyl (C=O) groups excluding carboxylic acids is 1. The third-order valence-electron chi connectivity index (χ3n) is 2.44. The SMILES string of the molecule is CC(C)CNC(=O)CC1CCCOC1. The highest BCUT2D eigenvalue weighted by Gasteiger charge is 2.17. The van der Waals surface area contributed by atoms with Crippen LogP contribution in [0.25, 0.3) is 0 Å². The van der Waals surface area contributed by atoms with Gasteiger partial charge in [0.2, 0.25) is 5.91 Å². The quantitative estimate of drug-likeness (QED) is 0.746. The monoisotopic (exact) mass is 199 g/mol. The molecule has 1 N–H and O–H groups in total. The lowest BCUT2D eigenvalue weighted by Gasteiger charge is -2.21. The lowest BCUT2D eigenvalue weighted by molar-refractivity contribution is -0.123. The molecule has 1 fully saturated rings. The van der Waals surface area contributed by atoms with Crippen molar-refractivity contribution in [2.24, 2.45) is 11.8 Å². The molecule has 1 aliphatic rings. The molecule has 3 nitrogen and oxygen atoms in total. The third-order valence-corrected chi connectivity index (χ3v) is 2.44. The second-order valence-corrected chi connectivity index (χ2v) is 4.49. The predicted octanol–water partition coefficient (Wildman–Crippen LogP) is 1.58. The first kappa shape index (κ1) is 11.5. The summed E-state index contributed by atoms with van der Waals surface area (Å²) in [6.45, 7) is 6.61. The molecule has 3 heteroatoms. The van der Waals surface area contributed by atoms with Gasteiger partial charge in [-0.05, 0) is 24.7 Å². The van der Waals surface area contributed by atoms with Gasteiger partial charge in [0.25, 0.3) is 0 Å². The topological polar surface area (TPSA) is 38.3 Å². The average molecular weight is 199 g/mol. The van der Waals surface area contributed by atoms with Crippen LogP contribution < -0.4 is 5.32 Å². The Hall–Kier alpha value is -0.570. The van der Waals surface area contributed by atoms with E-state index in [4.69, 9.17) is 4.74 Å². The van der Waals surface area contributed by atoms with Crippen molar-refractivity contribution in [3.63, 3.8) is 0 Å². The highest BCUT2D eigenvalue weighted by atomic mass is 16.5. The second-order valence-electron chi connectivity index (χ2n) is 4.49. The molecular formula is C11H21NO2. The van der Waals surface area contributed by atoms with E-state index in [-0.39, 0.29) is 5.91 Å². The fourth-order valence-electron chi connectivity index (χ4n) is 1.62. The molecular weight excluding hydrogens is 178 g/mol. The number of carbonyl (C=O) groups is 1. The Morgan fingerprint density at radius 3 is 2.93 bits per heavy atom. The van der Waals surface area contributed by atoms with Crippen molar-refractivity contribution in [3.05, 3.63) is 0 Å². The summed E-state index contributed by atoms with van der Waals surface area (Å²) < 4.78 is 5.33. The maximum Gasteiger partial charge on any atom is 0.220 e. The van der Waals surface area contributed by atoms with E-state index in [0.717, 1.165) is 32.6 Å². The number of ether oxygens (including phenoxy) is 1. The van der Waals surface area contributed by atoms with Gasteiger partial charge >= 0.3 is 0 Å². The first-order valence-electron chi connectivity index (χ1n) is 5.53. The zero-order valence-electron chi connectivity index (χ0n) is 9.21. The van der Waals surface area contributed by atoms with Gasteiger partial charge in [0.1, 0.15) is 0 Å². The summed E-state index contributed by atoms with van der Waals surface area (Å²) in [5, 5.41) is 2.93. The van der Waals surface area contributed by atoms with Gasteiger partial charge in [0, 0.05) is 26.2 Å². The van der Waals surface area contributed by atoms with Crippen LogP contribution in [0.2, 0.25) is 0 Å². The summed E-state index contributed by atoms with van der Waals surface area (Å²) in [6.07, 6.45) is 2.87. The summed E-state index contributed by atoms with van der Waals surface area (Å²) in [7, 11) is 0. The largest absolute Gasteiger partial charge is 0.381 e. The zero-order chi connectivity index (χ0) is 10.4. The molecule has 1 rings (SSSR count). The minimum absolute atomic E-state index is 0.175. The molecule has 0 aromatic heterocycles. The van der Waals surface area contributed by atoms with Gasteiger partial charge in [-0.3, -0.25) is 4.79 Å². The summed E-state index contributed by atoms with van der Waals surface area (Å²) in [5.41, 5.74) is 0. The summed E-state index contributed by atoms with van der Waals surface area (Å²) in [6, 6.07) is 0. The molecule has 1 unspecified atom stereocenters. The van der Waals surface area contributed by atoms with E-state index in [1.54, 1.807) is 0 Å². The van der Waals surface area contributed by atoms with Gasteiger partial charge in [-0.1, -0.05) is 13.8 Å². The Balaban J connectivity index is 2.12. The smallest absolute Gasteiger partial charge is 0.220 e. The first-order chi connectivity index (χ1) is 6.68. The van der Waals surface area contributed by atoms with Crippen LogP contribution in [0.15, 0.2) is 0 Å². The normalized spacial score (nSPS) is 22.4. The van der Waals surface area contributed by atoms with Gasteiger partial charge in [-0.15, -0.1) is 0 Å². The van der Waals surface area contributed by atoms with Gasteiger partial charge in [-0.25, -0.2) is 0 Å². The van der Waals surface area contributed by atoms with E-state index in [1.807, 2.05) is 0 Å². The number of rotatable bonds is 4. The number of hydrogen-bond acceptors (Lipinski definition) is 2. The Labute approximate surface area is 86.2 Å². The fraction of sp³-hybridized carbons (Fsp3) is 0.909. The van der Waals surface area contributed by atoms with Gasteiger partial charge in [0.15, 0.2) is 0 Å². The summed E-state index contributed by atoms with van der Waals surface area (Å²) >= 11 is 0.